The fourth-order valence-corrected chi connectivity index (χ4v) is 2.72. The highest BCUT2D eigenvalue weighted by atomic mass is 31.2. The number of ether oxygens (including phenoxy) is 2. The summed E-state index contributed by atoms with van der Waals surface area (Å²) in [6.07, 6.45) is -2.88. The third kappa shape index (κ3) is 11.3. The van der Waals surface area contributed by atoms with Crippen molar-refractivity contribution in [1.29, 1.82) is 0 Å². The Morgan fingerprint density at radius 3 is 2.42 bits per heavy atom. The molecule has 0 heterocycles. The molecule has 0 aromatic rings. The maximum atomic E-state index is 12.4. The van der Waals surface area contributed by atoms with Crippen molar-refractivity contribution in [1.82, 2.24) is 5.32 Å². The zero-order valence-corrected chi connectivity index (χ0v) is 15.1. The Balaban J connectivity index is 4.42. The number of aliphatic hydroxyl groups is 1. The molecule has 0 saturated heterocycles. The number of methoxy groups -OCH3 is 1. The first kappa shape index (κ1) is 22.8. The minimum absolute atomic E-state index is 0.0604. The van der Waals surface area contributed by atoms with Crippen molar-refractivity contribution in [3.63, 3.8) is 0 Å². The number of esters is 1. The van der Waals surface area contributed by atoms with E-state index in [2.05, 4.69) is 10.1 Å². The van der Waals surface area contributed by atoms with Crippen LogP contribution in [0.15, 0.2) is 0 Å². The molecular formula is C13H25FNO8P. The summed E-state index contributed by atoms with van der Waals surface area (Å²) < 4.78 is 43.8. The molecule has 142 valence electrons. The van der Waals surface area contributed by atoms with E-state index in [1.807, 2.05) is 0 Å². The van der Waals surface area contributed by atoms with Gasteiger partial charge in [0.25, 0.3) is 0 Å². The van der Waals surface area contributed by atoms with Crippen LogP contribution in [0.3, 0.4) is 0 Å². The first-order valence-corrected chi connectivity index (χ1v) is 8.90. The average Bonchev–Trinajstić information content (AvgIpc) is 2.47. The molecule has 2 atom stereocenters. The average molecular weight is 373 g/mol. The lowest BCUT2D eigenvalue weighted by atomic mass is 10.2. The van der Waals surface area contributed by atoms with E-state index in [0.29, 0.717) is 0 Å². The van der Waals surface area contributed by atoms with E-state index in [0.717, 1.165) is 7.11 Å². The van der Waals surface area contributed by atoms with E-state index >= 15 is 0 Å². The normalized spacial score (nSPS) is 15.2. The zero-order chi connectivity index (χ0) is 18.8. The lowest BCUT2D eigenvalue weighted by Crippen LogP contribution is -2.34. The molecule has 1 unspecified atom stereocenters. The molecule has 9 nitrogen and oxygen atoms in total. The molecule has 0 rings (SSSR count). The molecule has 0 saturated carbocycles. The highest BCUT2D eigenvalue weighted by Gasteiger charge is 2.30. The van der Waals surface area contributed by atoms with Crippen molar-refractivity contribution in [2.24, 2.45) is 0 Å². The molecule has 0 spiro atoms. The predicted octanol–water partition coefficient (Wildman–Crippen LogP) is 1.24. The number of alkyl halides is 1. The lowest BCUT2D eigenvalue weighted by molar-refractivity contribution is -0.137. The van der Waals surface area contributed by atoms with Crippen molar-refractivity contribution in [3.05, 3.63) is 0 Å². The molecule has 0 radical (unpaired) electrons. The van der Waals surface area contributed by atoms with E-state index in [9.17, 15) is 18.5 Å². The van der Waals surface area contributed by atoms with Crippen LogP contribution in [0.5, 0.6) is 0 Å². The van der Waals surface area contributed by atoms with Gasteiger partial charge in [0.15, 0.2) is 0 Å². The summed E-state index contributed by atoms with van der Waals surface area (Å²) in [7, 11) is -2.86. The van der Waals surface area contributed by atoms with Gasteiger partial charge >= 0.3 is 19.7 Å². The Bertz CT molecular complexity index is 454. The summed E-state index contributed by atoms with van der Waals surface area (Å²) in [6, 6.07) is 0. The van der Waals surface area contributed by atoms with Gasteiger partial charge in [-0.1, -0.05) is 0 Å². The number of hydrogen-bond donors (Lipinski definition) is 2. The molecule has 11 heteroatoms. The van der Waals surface area contributed by atoms with Crippen molar-refractivity contribution >= 4 is 19.7 Å². The van der Waals surface area contributed by atoms with Crippen molar-refractivity contribution in [3.8, 4) is 0 Å². The SMILES string of the molecule is COC(=O)CP(=O)(OCCNC(=O)OC(C)(C)C)OC[C@H](O)CF. The van der Waals surface area contributed by atoms with E-state index < -0.39 is 50.8 Å². The maximum absolute atomic E-state index is 12.4. The number of carbonyl (C=O) groups excluding carboxylic acids is 2. The number of carbonyl (C=O) groups is 2. The minimum atomic E-state index is -3.95. The number of rotatable bonds is 10. The largest absolute Gasteiger partial charge is 0.469 e. The molecular weight excluding hydrogens is 348 g/mol. The van der Waals surface area contributed by atoms with Crippen LogP contribution in [0.1, 0.15) is 20.8 Å². The van der Waals surface area contributed by atoms with Gasteiger partial charge < -0.3 is 28.9 Å². The summed E-state index contributed by atoms with van der Waals surface area (Å²) in [5.74, 6) is -0.854. The molecule has 2 N–H and O–H groups in total. The van der Waals surface area contributed by atoms with Gasteiger partial charge in [0.1, 0.15) is 24.5 Å². The summed E-state index contributed by atoms with van der Waals surface area (Å²) in [5.41, 5.74) is -0.670. The van der Waals surface area contributed by atoms with Gasteiger partial charge in [0, 0.05) is 6.54 Å². The number of amides is 1. The summed E-state index contributed by atoms with van der Waals surface area (Å²) in [4.78, 5) is 22.7. The van der Waals surface area contributed by atoms with Crippen molar-refractivity contribution in [2.45, 2.75) is 32.5 Å². The van der Waals surface area contributed by atoms with E-state index in [1.54, 1.807) is 20.8 Å². The summed E-state index contributed by atoms with van der Waals surface area (Å²) >= 11 is 0. The molecule has 1 amide bonds. The van der Waals surface area contributed by atoms with E-state index in [1.165, 1.54) is 0 Å². The standard InChI is InChI=1S/C13H25FNO8P/c1-13(2,3)23-12(18)15-5-6-21-24(19,9-11(17)20-4)22-8-10(16)7-14/h10,16H,5-9H2,1-4H3,(H,15,18)/t10-,24?/m1/s1. The van der Waals surface area contributed by atoms with Crippen LogP contribution in [0.25, 0.3) is 0 Å². The third-order valence-electron chi connectivity index (χ3n) is 2.25. The van der Waals surface area contributed by atoms with Crippen LogP contribution >= 0.6 is 7.60 Å². The number of hydrogen-bond acceptors (Lipinski definition) is 8. The van der Waals surface area contributed by atoms with E-state index in [-0.39, 0.29) is 13.2 Å². The number of nitrogens with one attached hydrogen (secondary N) is 1. The molecule has 0 fully saturated rings. The maximum Gasteiger partial charge on any atom is 0.407 e. The highest BCUT2D eigenvalue weighted by Crippen LogP contribution is 2.48. The molecule has 0 aliphatic carbocycles. The Morgan fingerprint density at radius 1 is 1.29 bits per heavy atom. The fraction of sp³-hybridized carbons (Fsp3) is 0.846. The Kier molecular flexibility index (Phi) is 10.1. The molecule has 0 aromatic heterocycles. The fourth-order valence-electron chi connectivity index (χ4n) is 1.25. The second-order valence-corrected chi connectivity index (χ2v) is 7.77. The van der Waals surface area contributed by atoms with Gasteiger partial charge in [-0.2, -0.15) is 0 Å². The van der Waals surface area contributed by atoms with E-state index in [4.69, 9.17) is 18.9 Å². The number of alkyl carbamates (subject to hydrolysis) is 1. The van der Waals surface area contributed by atoms with Crippen LogP contribution in [0.4, 0.5) is 9.18 Å². The monoisotopic (exact) mass is 373 g/mol. The molecule has 0 bridgehead atoms. The molecule has 24 heavy (non-hydrogen) atoms. The third-order valence-corrected chi connectivity index (χ3v) is 4.01. The number of aliphatic hydroxyl groups excluding tert-OH is 1. The van der Waals surface area contributed by atoms with Crippen LogP contribution in [-0.4, -0.2) is 68.6 Å². The van der Waals surface area contributed by atoms with Crippen molar-refractivity contribution in [2.75, 3.05) is 39.7 Å². The van der Waals surface area contributed by atoms with Crippen LogP contribution in [-0.2, 0) is 27.9 Å². The number of halogens is 1. The minimum Gasteiger partial charge on any atom is -0.469 e. The van der Waals surface area contributed by atoms with Crippen molar-refractivity contribution < 1.29 is 42.2 Å². The predicted molar refractivity (Wildman–Crippen MR) is 82.6 cm³/mol. The summed E-state index contributed by atoms with van der Waals surface area (Å²) in [6.45, 7) is 3.06. The topological polar surface area (TPSA) is 120 Å². The first-order chi connectivity index (χ1) is 11.0. The first-order valence-electron chi connectivity index (χ1n) is 7.17. The van der Waals surface area contributed by atoms with Gasteiger partial charge in [-0.15, -0.1) is 0 Å². The van der Waals surface area contributed by atoms with Gasteiger partial charge in [-0.25, -0.2) is 9.18 Å². The Morgan fingerprint density at radius 2 is 1.92 bits per heavy atom. The smallest absolute Gasteiger partial charge is 0.407 e. The van der Waals surface area contributed by atoms with Gasteiger partial charge in [0.2, 0.25) is 0 Å². The lowest BCUT2D eigenvalue weighted by Gasteiger charge is -2.21. The molecule has 0 aliphatic rings. The van der Waals surface area contributed by atoms with Crippen LogP contribution < -0.4 is 5.32 Å². The summed E-state index contributed by atoms with van der Waals surface area (Å²) in [5, 5.41) is 11.5. The van der Waals surface area contributed by atoms with Gasteiger partial charge in [0.05, 0.1) is 20.3 Å². The van der Waals surface area contributed by atoms with Gasteiger partial charge in [-0.3, -0.25) is 9.36 Å². The van der Waals surface area contributed by atoms with Gasteiger partial charge in [-0.05, 0) is 20.8 Å². The second kappa shape index (κ2) is 10.6. The Hall–Kier alpha value is -1.22. The molecule has 0 aromatic carbocycles. The quantitative estimate of drug-likeness (QED) is 0.333. The zero-order valence-electron chi connectivity index (χ0n) is 14.2. The second-order valence-electron chi connectivity index (χ2n) is 5.71. The Labute approximate surface area is 140 Å². The molecule has 0 aliphatic heterocycles. The van der Waals surface area contributed by atoms with Crippen LogP contribution in [0.2, 0.25) is 0 Å². The van der Waals surface area contributed by atoms with Crippen LogP contribution in [0, 0.1) is 0 Å². The highest BCUT2D eigenvalue weighted by molar-refractivity contribution is 7.54.